The predicted molar refractivity (Wildman–Crippen MR) is 115 cm³/mol. The molecule has 0 fully saturated rings. The lowest BCUT2D eigenvalue weighted by Gasteiger charge is -2.40. The molecule has 2 aromatic carbocycles. The number of alkyl halides is 2. The second-order valence-electron chi connectivity index (χ2n) is 8.28. The van der Waals surface area contributed by atoms with Gasteiger partial charge in [-0.25, -0.2) is 13.6 Å². The molecule has 6 nitrogen and oxygen atoms in total. The highest BCUT2D eigenvalue weighted by atomic mass is 19.3. The molecule has 0 heterocycles. The van der Waals surface area contributed by atoms with Gasteiger partial charge in [0.15, 0.2) is 0 Å². The number of likely N-dealkylation sites (N-methyl/N-ethyl adjacent to an activating group) is 1. The van der Waals surface area contributed by atoms with Gasteiger partial charge in [-0.15, -0.1) is 0 Å². The van der Waals surface area contributed by atoms with E-state index < -0.39 is 41.8 Å². The zero-order valence-corrected chi connectivity index (χ0v) is 18.7. The minimum atomic E-state index is -3.01. The van der Waals surface area contributed by atoms with Crippen LogP contribution in [0, 0.1) is 11.6 Å². The molecule has 0 aliphatic carbocycles. The molecule has 2 amide bonds. The molecule has 180 valence electrons. The second-order valence-corrected chi connectivity index (χ2v) is 8.28. The van der Waals surface area contributed by atoms with Crippen LogP contribution >= 0.6 is 0 Å². The van der Waals surface area contributed by atoms with E-state index in [0.29, 0.717) is 11.8 Å². The van der Waals surface area contributed by atoms with E-state index in [2.05, 4.69) is 4.74 Å². The molecule has 1 N–H and O–H groups in total. The van der Waals surface area contributed by atoms with Gasteiger partial charge in [0.1, 0.15) is 23.4 Å². The lowest BCUT2D eigenvalue weighted by Crippen LogP contribution is -2.58. The maximum atomic E-state index is 13.8. The van der Waals surface area contributed by atoms with Crippen LogP contribution in [0.15, 0.2) is 42.5 Å². The fourth-order valence-corrected chi connectivity index (χ4v) is 3.58. The Hall–Kier alpha value is -3.30. The number of hydrogen-bond donors (Lipinski definition) is 1. The lowest BCUT2D eigenvalue weighted by atomic mass is 9.97. The van der Waals surface area contributed by atoms with Crippen LogP contribution in [-0.2, 0) is 11.2 Å². The highest BCUT2D eigenvalue weighted by molar-refractivity contribution is 5.99. The van der Waals surface area contributed by atoms with Crippen molar-refractivity contribution in [1.82, 2.24) is 4.90 Å². The first-order valence-electron chi connectivity index (χ1n) is 10.2. The summed E-state index contributed by atoms with van der Waals surface area (Å²) in [5, 5.41) is 9.88. The number of anilines is 1. The van der Waals surface area contributed by atoms with Gasteiger partial charge in [0, 0.05) is 30.3 Å². The maximum Gasteiger partial charge on any atom is 0.408 e. The van der Waals surface area contributed by atoms with Gasteiger partial charge in [-0.2, -0.15) is 8.78 Å². The lowest BCUT2D eigenvalue weighted by molar-refractivity contribution is -0.125. The zero-order chi connectivity index (χ0) is 24.9. The summed E-state index contributed by atoms with van der Waals surface area (Å²) >= 11 is 0. The average molecular weight is 470 g/mol. The third kappa shape index (κ3) is 6.84. The van der Waals surface area contributed by atoms with Gasteiger partial charge in [-0.1, -0.05) is 0 Å². The normalized spacial score (nSPS) is 12.4. The summed E-state index contributed by atoms with van der Waals surface area (Å²) < 4.78 is 56.7. The Labute approximate surface area is 189 Å². The van der Waals surface area contributed by atoms with E-state index in [0.717, 1.165) is 17.0 Å². The minimum absolute atomic E-state index is 0.106. The van der Waals surface area contributed by atoms with E-state index in [1.54, 1.807) is 27.7 Å². The summed E-state index contributed by atoms with van der Waals surface area (Å²) in [5.74, 6) is -2.44. The number of ether oxygens (including phenoxy) is 1. The van der Waals surface area contributed by atoms with Crippen LogP contribution in [0.5, 0.6) is 5.75 Å². The van der Waals surface area contributed by atoms with Crippen LogP contribution in [0.2, 0.25) is 0 Å². The fraction of sp³-hybridized carbons (Fsp3) is 0.391. The number of benzene rings is 2. The number of carboxylic acid groups (broad SMARTS) is 1. The second kappa shape index (κ2) is 10.5. The Balaban J connectivity index is 2.48. The van der Waals surface area contributed by atoms with E-state index in [1.807, 2.05) is 0 Å². The first-order chi connectivity index (χ1) is 15.3. The van der Waals surface area contributed by atoms with Crippen molar-refractivity contribution in [2.75, 3.05) is 11.4 Å². The molecule has 10 heteroatoms. The topological polar surface area (TPSA) is 70.1 Å². The maximum absolute atomic E-state index is 13.8. The number of amides is 2. The van der Waals surface area contributed by atoms with Crippen LogP contribution in [0.1, 0.15) is 33.3 Å². The van der Waals surface area contributed by atoms with Crippen molar-refractivity contribution in [1.29, 1.82) is 0 Å². The SMILES string of the molecule is CCN(C(=O)C(Cc1cc(F)cc(F)c1)N(C(=O)O)C(C)(C)C)c1ccc(OC(F)F)cc1. The minimum Gasteiger partial charge on any atom is -0.465 e. The van der Waals surface area contributed by atoms with Gasteiger partial charge >= 0.3 is 12.7 Å². The van der Waals surface area contributed by atoms with Crippen LogP contribution in [-0.4, -0.2) is 46.7 Å². The van der Waals surface area contributed by atoms with Crippen molar-refractivity contribution in [3.63, 3.8) is 0 Å². The van der Waals surface area contributed by atoms with Gasteiger partial charge in [-0.3, -0.25) is 9.69 Å². The summed E-state index contributed by atoms with van der Waals surface area (Å²) in [5.41, 5.74) is -0.594. The van der Waals surface area contributed by atoms with Crippen molar-refractivity contribution in [3.05, 3.63) is 59.7 Å². The Morgan fingerprint density at radius 2 is 1.58 bits per heavy atom. The molecule has 0 aliphatic heterocycles. The van der Waals surface area contributed by atoms with Crippen LogP contribution in [0.3, 0.4) is 0 Å². The number of carbonyl (C=O) groups excluding carboxylic acids is 1. The molecular formula is C23H26F4N2O4. The van der Waals surface area contributed by atoms with E-state index in [4.69, 9.17) is 0 Å². The quantitative estimate of drug-likeness (QED) is 0.531. The summed E-state index contributed by atoms with van der Waals surface area (Å²) in [6.07, 6.45) is -1.66. The Bertz CT molecular complexity index is 957. The molecule has 0 bridgehead atoms. The molecule has 2 rings (SSSR count). The largest absolute Gasteiger partial charge is 0.465 e. The number of hydrogen-bond acceptors (Lipinski definition) is 3. The molecule has 1 atom stereocenters. The molecule has 0 saturated heterocycles. The van der Waals surface area contributed by atoms with E-state index in [1.165, 1.54) is 29.2 Å². The highest BCUT2D eigenvalue weighted by Gasteiger charge is 2.39. The molecule has 0 aliphatic rings. The smallest absolute Gasteiger partial charge is 0.408 e. The number of rotatable bonds is 8. The van der Waals surface area contributed by atoms with Crippen LogP contribution in [0.4, 0.5) is 28.0 Å². The van der Waals surface area contributed by atoms with Gasteiger partial charge in [-0.05, 0) is 69.7 Å². The Morgan fingerprint density at radius 1 is 1.03 bits per heavy atom. The zero-order valence-electron chi connectivity index (χ0n) is 18.7. The molecule has 2 aromatic rings. The predicted octanol–water partition coefficient (Wildman–Crippen LogP) is 5.31. The van der Waals surface area contributed by atoms with Crippen molar-refractivity contribution >= 4 is 17.7 Å². The summed E-state index contributed by atoms with van der Waals surface area (Å²) in [4.78, 5) is 27.9. The van der Waals surface area contributed by atoms with E-state index >= 15 is 0 Å². The Kier molecular flexibility index (Phi) is 8.29. The van der Waals surface area contributed by atoms with Gasteiger partial charge in [0.05, 0.1) is 0 Å². The van der Waals surface area contributed by atoms with Crippen LogP contribution in [0.25, 0.3) is 0 Å². The van der Waals surface area contributed by atoms with Gasteiger partial charge < -0.3 is 14.7 Å². The first-order valence-corrected chi connectivity index (χ1v) is 10.2. The molecule has 0 radical (unpaired) electrons. The third-order valence-electron chi connectivity index (χ3n) is 4.83. The monoisotopic (exact) mass is 470 g/mol. The average Bonchev–Trinajstić information content (AvgIpc) is 2.66. The molecule has 0 saturated carbocycles. The summed E-state index contributed by atoms with van der Waals surface area (Å²) in [7, 11) is 0. The third-order valence-corrected chi connectivity index (χ3v) is 4.83. The van der Waals surface area contributed by atoms with Crippen molar-refractivity contribution in [2.45, 2.75) is 52.3 Å². The molecule has 0 spiro atoms. The molecular weight excluding hydrogens is 444 g/mol. The molecule has 33 heavy (non-hydrogen) atoms. The number of nitrogens with zero attached hydrogens (tertiary/aromatic N) is 2. The molecule has 0 aromatic heterocycles. The number of halogens is 4. The summed E-state index contributed by atoms with van der Waals surface area (Å²) in [6, 6.07) is 6.74. The summed E-state index contributed by atoms with van der Waals surface area (Å²) in [6.45, 7) is 3.56. The molecule has 1 unspecified atom stereocenters. The van der Waals surface area contributed by atoms with Crippen molar-refractivity contribution < 1.29 is 37.0 Å². The van der Waals surface area contributed by atoms with Crippen molar-refractivity contribution in [3.8, 4) is 5.75 Å². The van der Waals surface area contributed by atoms with Crippen LogP contribution < -0.4 is 9.64 Å². The van der Waals surface area contributed by atoms with Gasteiger partial charge in [0.25, 0.3) is 0 Å². The first kappa shape index (κ1) is 26.0. The highest BCUT2D eigenvalue weighted by Crippen LogP contribution is 2.26. The van der Waals surface area contributed by atoms with Gasteiger partial charge in [0.2, 0.25) is 5.91 Å². The fourth-order valence-electron chi connectivity index (χ4n) is 3.58. The van der Waals surface area contributed by atoms with E-state index in [9.17, 15) is 32.3 Å². The number of carbonyl (C=O) groups is 2. The van der Waals surface area contributed by atoms with Crippen molar-refractivity contribution in [2.24, 2.45) is 0 Å². The Morgan fingerprint density at radius 3 is 2.00 bits per heavy atom. The standard InChI is InChI=1S/C23H26F4N2O4/c1-5-28(17-6-8-18(9-7-17)33-21(26)27)20(30)19(29(22(31)32)23(2,3)4)12-14-10-15(24)13-16(25)11-14/h6-11,13,19,21H,5,12H2,1-4H3,(H,31,32). The van der Waals surface area contributed by atoms with E-state index in [-0.39, 0.29) is 24.3 Å².